The molecule has 0 heterocycles. The van der Waals surface area contributed by atoms with E-state index in [9.17, 15) is 18.0 Å². The molecular formula is C28H32ClN3O5S. The highest BCUT2D eigenvalue weighted by Gasteiger charge is 2.32. The molecule has 0 saturated carbocycles. The number of sulfonamides is 1. The van der Waals surface area contributed by atoms with Crippen molar-refractivity contribution in [3.05, 3.63) is 89.4 Å². The van der Waals surface area contributed by atoms with E-state index in [1.807, 2.05) is 13.0 Å². The summed E-state index contributed by atoms with van der Waals surface area (Å²) in [5, 5.41) is 3.21. The van der Waals surface area contributed by atoms with Crippen LogP contribution in [0.15, 0.2) is 83.8 Å². The molecule has 0 saturated heterocycles. The van der Waals surface area contributed by atoms with Crippen LogP contribution in [-0.2, 0) is 26.2 Å². The third-order valence-corrected chi connectivity index (χ3v) is 7.97. The molecule has 3 rings (SSSR count). The topological polar surface area (TPSA) is 96.0 Å². The zero-order valence-corrected chi connectivity index (χ0v) is 23.2. The molecule has 38 heavy (non-hydrogen) atoms. The second kappa shape index (κ2) is 13.3. The van der Waals surface area contributed by atoms with Gasteiger partial charge in [-0.05, 0) is 67.4 Å². The second-order valence-corrected chi connectivity index (χ2v) is 10.9. The Kier molecular flexibility index (Phi) is 10.2. The Morgan fingerprint density at radius 3 is 2.32 bits per heavy atom. The highest BCUT2D eigenvalue weighted by Crippen LogP contribution is 2.25. The molecule has 0 aliphatic carbocycles. The zero-order valence-electron chi connectivity index (χ0n) is 21.6. The van der Waals surface area contributed by atoms with Crippen molar-refractivity contribution in [1.29, 1.82) is 0 Å². The third-order valence-electron chi connectivity index (χ3n) is 5.93. The van der Waals surface area contributed by atoms with Crippen LogP contribution < -0.4 is 14.4 Å². The first kappa shape index (κ1) is 29.0. The maximum absolute atomic E-state index is 13.8. The molecule has 8 nitrogen and oxygen atoms in total. The molecule has 3 aromatic carbocycles. The van der Waals surface area contributed by atoms with Crippen LogP contribution in [0, 0.1) is 0 Å². The lowest BCUT2D eigenvalue weighted by molar-refractivity contribution is -0.139. The molecule has 1 N–H and O–H groups in total. The van der Waals surface area contributed by atoms with Gasteiger partial charge in [-0.25, -0.2) is 8.42 Å². The average molecular weight is 558 g/mol. The van der Waals surface area contributed by atoms with Crippen LogP contribution in [0.3, 0.4) is 0 Å². The van der Waals surface area contributed by atoms with E-state index in [4.69, 9.17) is 16.3 Å². The summed E-state index contributed by atoms with van der Waals surface area (Å²) in [7, 11) is -2.59. The first-order chi connectivity index (χ1) is 18.2. The predicted octanol–water partition coefficient (Wildman–Crippen LogP) is 4.49. The van der Waals surface area contributed by atoms with Crippen LogP contribution in [0.25, 0.3) is 0 Å². The maximum Gasteiger partial charge on any atom is 0.264 e. The number of halogens is 1. The standard InChI is InChI=1S/C28H32ClN3O5S/c1-4-17-30-28(34)21(2)31(19-22-9-8-12-25(18-22)37-3)27(33)20-32(24-10-6-5-7-11-24)38(35,36)26-15-13-23(29)14-16-26/h5-16,18,21H,4,17,19-20H2,1-3H3,(H,30,34)/t21-/m1/s1. The molecule has 0 fully saturated rings. The highest BCUT2D eigenvalue weighted by molar-refractivity contribution is 7.92. The van der Waals surface area contributed by atoms with Crippen LogP contribution >= 0.6 is 11.6 Å². The Bertz CT molecular complexity index is 1330. The van der Waals surface area contributed by atoms with E-state index in [-0.39, 0.29) is 17.3 Å². The van der Waals surface area contributed by atoms with Gasteiger partial charge in [0.2, 0.25) is 11.8 Å². The van der Waals surface area contributed by atoms with Gasteiger partial charge >= 0.3 is 0 Å². The van der Waals surface area contributed by atoms with Crippen molar-refractivity contribution in [2.75, 3.05) is 24.5 Å². The monoisotopic (exact) mass is 557 g/mol. The van der Waals surface area contributed by atoms with Crippen molar-refractivity contribution >= 4 is 39.1 Å². The van der Waals surface area contributed by atoms with E-state index < -0.39 is 28.5 Å². The number of nitrogens with zero attached hydrogens (tertiary/aromatic N) is 2. The summed E-state index contributed by atoms with van der Waals surface area (Å²) in [6.07, 6.45) is 0.739. The molecule has 0 radical (unpaired) electrons. The minimum atomic E-state index is -4.14. The van der Waals surface area contributed by atoms with E-state index in [0.717, 1.165) is 16.3 Å². The molecule has 0 aliphatic rings. The smallest absolute Gasteiger partial charge is 0.264 e. The van der Waals surface area contributed by atoms with Crippen molar-refractivity contribution in [2.45, 2.75) is 37.8 Å². The van der Waals surface area contributed by atoms with Gasteiger partial charge in [-0.1, -0.05) is 48.9 Å². The van der Waals surface area contributed by atoms with Gasteiger partial charge in [0.15, 0.2) is 0 Å². The molecule has 3 aromatic rings. The largest absolute Gasteiger partial charge is 0.497 e. The number of rotatable bonds is 12. The van der Waals surface area contributed by atoms with E-state index in [1.54, 1.807) is 62.6 Å². The summed E-state index contributed by atoms with van der Waals surface area (Å²) in [4.78, 5) is 28.1. The van der Waals surface area contributed by atoms with Crippen molar-refractivity contribution in [3.63, 3.8) is 0 Å². The van der Waals surface area contributed by atoms with Gasteiger partial charge < -0.3 is 15.0 Å². The number of carbonyl (C=O) groups is 2. The number of benzene rings is 3. The Hall–Kier alpha value is -3.56. The Morgan fingerprint density at radius 1 is 1.00 bits per heavy atom. The summed E-state index contributed by atoms with van der Waals surface area (Å²) in [5.74, 6) is -0.252. The number of methoxy groups -OCH3 is 1. The Morgan fingerprint density at radius 2 is 1.68 bits per heavy atom. The lowest BCUT2D eigenvalue weighted by Crippen LogP contribution is -2.51. The quantitative estimate of drug-likeness (QED) is 0.354. The SMILES string of the molecule is CCCNC(=O)[C@@H](C)N(Cc1cccc(OC)c1)C(=O)CN(c1ccccc1)S(=O)(=O)c1ccc(Cl)cc1. The summed E-state index contributed by atoms with van der Waals surface area (Å²) in [6, 6.07) is 20.4. The first-order valence-electron chi connectivity index (χ1n) is 12.2. The summed E-state index contributed by atoms with van der Waals surface area (Å²) in [6.45, 7) is 3.60. The van der Waals surface area contributed by atoms with Gasteiger partial charge in [0, 0.05) is 18.1 Å². The van der Waals surface area contributed by atoms with Crippen LogP contribution in [0.5, 0.6) is 5.75 Å². The van der Waals surface area contributed by atoms with E-state index in [1.165, 1.54) is 29.2 Å². The summed E-state index contributed by atoms with van der Waals surface area (Å²) < 4.78 is 33.8. The first-order valence-corrected chi connectivity index (χ1v) is 14.0. The molecular weight excluding hydrogens is 526 g/mol. The molecule has 0 aromatic heterocycles. The maximum atomic E-state index is 13.8. The number of para-hydroxylation sites is 1. The van der Waals surface area contributed by atoms with Gasteiger partial charge in [0.1, 0.15) is 18.3 Å². The van der Waals surface area contributed by atoms with Gasteiger partial charge in [0.25, 0.3) is 10.0 Å². The molecule has 202 valence electrons. The number of hydrogen-bond donors (Lipinski definition) is 1. The van der Waals surface area contributed by atoms with E-state index >= 15 is 0 Å². The van der Waals surface area contributed by atoms with Crippen molar-refractivity contribution < 1.29 is 22.7 Å². The Balaban J connectivity index is 1.99. The number of carbonyl (C=O) groups excluding carboxylic acids is 2. The zero-order chi connectivity index (χ0) is 27.7. The summed E-state index contributed by atoms with van der Waals surface area (Å²) >= 11 is 5.97. The van der Waals surface area contributed by atoms with Crippen LogP contribution in [0.1, 0.15) is 25.8 Å². The Labute approximate surface area is 229 Å². The van der Waals surface area contributed by atoms with Gasteiger partial charge in [-0.2, -0.15) is 0 Å². The molecule has 0 aliphatic heterocycles. The molecule has 0 unspecified atom stereocenters. The molecule has 0 bridgehead atoms. The van der Waals surface area contributed by atoms with E-state index in [0.29, 0.717) is 23.0 Å². The number of ether oxygens (including phenoxy) is 1. The lowest BCUT2D eigenvalue weighted by Gasteiger charge is -2.32. The molecule has 0 spiro atoms. The fraction of sp³-hybridized carbons (Fsp3) is 0.286. The number of hydrogen-bond acceptors (Lipinski definition) is 5. The summed E-state index contributed by atoms with van der Waals surface area (Å²) in [5.41, 5.74) is 1.06. The molecule has 2 amide bonds. The van der Waals surface area contributed by atoms with E-state index in [2.05, 4.69) is 5.32 Å². The molecule has 10 heteroatoms. The number of anilines is 1. The average Bonchev–Trinajstić information content (AvgIpc) is 2.93. The van der Waals surface area contributed by atoms with Gasteiger partial charge in [-0.15, -0.1) is 0 Å². The second-order valence-electron chi connectivity index (χ2n) is 8.64. The normalized spacial score (nSPS) is 11.9. The third kappa shape index (κ3) is 7.26. The number of nitrogens with one attached hydrogen (secondary N) is 1. The van der Waals surface area contributed by atoms with Gasteiger partial charge in [0.05, 0.1) is 17.7 Å². The van der Waals surface area contributed by atoms with Crippen LogP contribution in [-0.4, -0.2) is 51.4 Å². The molecule has 1 atom stereocenters. The van der Waals surface area contributed by atoms with Crippen molar-refractivity contribution in [1.82, 2.24) is 10.2 Å². The lowest BCUT2D eigenvalue weighted by atomic mass is 10.1. The predicted molar refractivity (Wildman–Crippen MR) is 149 cm³/mol. The highest BCUT2D eigenvalue weighted by atomic mass is 35.5. The van der Waals surface area contributed by atoms with Gasteiger partial charge in [-0.3, -0.25) is 13.9 Å². The van der Waals surface area contributed by atoms with Crippen molar-refractivity contribution in [3.8, 4) is 5.75 Å². The van der Waals surface area contributed by atoms with Crippen LogP contribution in [0.2, 0.25) is 5.02 Å². The van der Waals surface area contributed by atoms with Crippen molar-refractivity contribution in [2.24, 2.45) is 0 Å². The minimum Gasteiger partial charge on any atom is -0.497 e. The minimum absolute atomic E-state index is 0.00774. The van der Waals surface area contributed by atoms with Crippen LogP contribution in [0.4, 0.5) is 5.69 Å². The number of amides is 2. The fourth-order valence-electron chi connectivity index (χ4n) is 3.80. The fourth-order valence-corrected chi connectivity index (χ4v) is 5.34.